The number of carbonyl (C=O) groups excluding carboxylic acids is 2. The molecule has 3 heterocycles. The van der Waals surface area contributed by atoms with Gasteiger partial charge in [-0.2, -0.15) is 0 Å². The molecular formula is C17H25N3O2S. The summed E-state index contributed by atoms with van der Waals surface area (Å²) < 4.78 is 0. The lowest BCUT2D eigenvalue weighted by atomic mass is 9.90. The van der Waals surface area contributed by atoms with E-state index < -0.39 is 0 Å². The van der Waals surface area contributed by atoms with Crippen molar-refractivity contribution in [1.29, 1.82) is 0 Å². The summed E-state index contributed by atoms with van der Waals surface area (Å²) in [7, 11) is 0. The number of likely N-dealkylation sites (tertiary alicyclic amines) is 2. The molecule has 2 aliphatic heterocycles. The number of carbonyl (C=O) groups is 2. The van der Waals surface area contributed by atoms with Crippen molar-refractivity contribution in [2.45, 2.75) is 44.7 Å². The van der Waals surface area contributed by atoms with Crippen LogP contribution in [-0.2, 0) is 4.79 Å². The lowest BCUT2D eigenvalue weighted by molar-refractivity contribution is -0.136. The van der Waals surface area contributed by atoms with Crippen LogP contribution in [-0.4, -0.2) is 53.3 Å². The highest BCUT2D eigenvalue weighted by Crippen LogP contribution is 2.26. The minimum absolute atomic E-state index is 0.00122. The van der Waals surface area contributed by atoms with Crippen LogP contribution >= 0.6 is 11.3 Å². The molecule has 0 saturated carbocycles. The second-order valence-electron chi connectivity index (χ2n) is 6.66. The molecule has 0 aromatic carbocycles. The molecule has 6 heteroatoms. The smallest absolute Gasteiger partial charge is 0.264 e. The Labute approximate surface area is 141 Å². The molecule has 1 aromatic heterocycles. The van der Waals surface area contributed by atoms with Gasteiger partial charge in [-0.25, -0.2) is 0 Å². The minimum atomic E-state index is -0.281. The molecule has 0 spiro atoms. The van der Waals surface area contributed by atoms with Crippen LogP contribution in [0, 0.1) is 5.92 Å². The van der Waals surface area contributed by atoms with E-state index in [-0.39, 0.29) is 23.9 Å². The van der Waals surface area contributed by atoms with E-state index in [0.29, 0.717) is 12.5 Å². The van der Waals surface area contributed by atoms with Gasteiger partial charge in [0.25, 0.3) is 5.91 Å². The van der Waals surface area contributed by atoms with Crippen molar-refractivity contribution >= 4 is 23.2 Å². The van der Waals surface area contributed by atoms with Gasteiger partial charge in [0.2, 0.25) is 5.91 Å². The molecule has 2 saturated heterocycles. The van der Waals surface area contributed by atoms with Gasteiger partial charge in [0, 0.05) is 25.7 Å². The molecule has 2 fully saturated rings. The third kappa shape index (κ3) is 3.43. The van der Waals surface area contributed by atoms with Crippen LogP contribution in [0.5, 0.6) is 0 Å². The van der Waals surface area contributed by atoms with Crippen molar-refractivity contribution in [3.63, 3.8) is 0 Å². The third-order valence-corrected chi connectivity index (χ3v) is 5.98. The molecule has 23 heavy (non-hydrogen) atoms. The summed E-state index contributed by atoms with van der Waals surface area (Å²) in [6.45, 7) is 4.26. The zero-order valence-corrected chi connectivity index (χ0v) is 14.4. The van der Waals surface area contributed by atoms with E-state index in [9.17, 15) is 9.59 Å². The van der Waals surface area contributed by atoms with Crippen molar-refractivity contribution in [2.24, 2.45) is 11.7 Å². The number of rotatable bonds is 3. The molecule has 3 rings (SSSR count). The first kappa shape index (κ1) is 16.5. The monoisotopic (exact) mass is 335 g/mol. The zero-order valence-electron chi connectivity index (χ0n) is 13.6. The van der Waals surface area contributed by atoms with E-state index in [1.54, 1.807) is 4.90 Å². The Morgan fingerprint density at radius 1 is 1.26 bits per heavy atom. The fourth-order valence-electron chi connectivity index (χ4n) is 3.66. The fourth-order valence-corrected chi connectivity index (χ4v) is 4.34. The highest BCUT2D eigenvalue weighted by molar-refractivity contribution is 7.12. The highest BCUT2D eigenvalue weighted by atomic mass is 32.1. The molecule has 2 unspecified atom stereocenters. The molecule has 2 amide bonds. The molecule has 1 aromatic rings. The third-order valence-electron chi connectivity index (χ3n) is 5.13. The number of hydrogen-bond acceptors (Lipinski definition) is 4. The Morgan fingerprint density at radius 3 is 2.61 bits per heavy atom. The van der Waals surface area contributed by atoms with Crippen LogP contribution in [0.25, 0.3) is 0 Å². The van der Waals surface area contributed by atoms with Gasteiger partial charge >= 0.3 is 0 Å². The van der Waals surface area contributed by atoms with Gasteiger partial charge < -0.3 is 15.5 Å². The van der Waals surface area contributed by atoms with Gasteiger partial charge in [-0.3, -0.25) is 9.59 Å². The van der Waals surface area contributed by atoms with Gasteiger partial charge in [-0.05, 0) is 50.0 Å². The highest BCUT2D eigenvalue weighted by Gasteiger charge is 2.38. The summed E-state index contributed by atoms with van der Waals surface area (Å²) >= 11 is 1.44. The van der Waals surface area contributed by atoms with Gasteiger partial charge in [0.05, 0.1) is 4.88 Å². The van der Waals surface area contributed by atoms with Gasteiger partial charge in [0.1, 0.15) is 6.04 Å². The average molecular weight is 335 g/mol. The number of thiophene rings is 1. The van der Waals surface area contributed by atoms with E-state index in [0.717, 1.165) is 43.6 Å². The topological polar surface area (TPSA) is 66.6 Å². The Bertz CT molecular complexity index is 550. The van der Waals surface area contributed by atoms with Crippen LogP contribution in [0.2, 0.25) is 0 Å². The number of piperidine rings is 1. The van der Waals surface area contributed by atoms with Crippen LogP contribution in [0.15, 0.2) is 17.5 Å². The molecule has 0 bridgehead atoms. The second-order valence-corrected chi connectivity index (χ2v) is 7.60. The molecular weight excluding hydrogens is 310 g/mol. The number of nitrogens with zero attached hydrogens (tertiary/aromatic N) is 2. The van der Waals surface area contributed by atoms with Crippen LogP contribution in [0.1, 0.15) is 42.3 Å². The number of hydrogen-bond donors (Lipinski definition) is 1. The molecule has 0 aliphatic carbocycles. The SMILES string of the molecule is CC(N)C1CCN(C(=O)C2CCCN2C(=O)c2cccs2)CC1. The summed E-state index contributed by atoms with van der Waals surface area (Å²) in [5, 5.41) is 1.90. The van der Waals surface area contributed by atoms with E-state index in [1.165, 1.54) is 11.3 Å². The first-order chi connectivity index (χ1) is 11.1. The summed E-state index contributed by atoms with van der Waals surface area (Å²) in [5.74, 6) is 0.628. The van der Waals surface area contributed by atoms with Gasteiger partial charge in [0.15, 0.2) is 0 Å². The Kier molecular flexibility index (Phi) is 5.02. The second kappa shape index (κ2) is 7.01. The average Bonchev–Trinajstić information content (AvgIpc) is 3.25. The van der Waals surface area contributed by atoms with Gasteiger partial charge in [-0.15, -0.1) is 11.3 Å². The maximum atomic E-state index is 12.9. The predicted molar refractivity (Wildman–Crippen MR) is 91.3 cm³/mol. The van der Waals surface area contributed by atoms with E-state index in [4.69, 9.17) is 5.73 Å². The first-order valence-corrected chi connectivity index (χ1v) is 9.34. The van der Waals surface area contributed by atoms with E-state index in [2.05, 4.69) is 0 Å². The number of amides is 2. The quantitative estimate of drug-likeness (QED) is 0.918. The predicted octanol–water partition coefficient (Wildman–Crippen LogP) is 1.94. The Balaban J connectivity index is 1.64. The normalized spacial score (nSPS) is 24.0. The van der Waals surface area contributed by atoms with Crippen molar-refractivity contribution in [1.82, 2.24) is 9.80 Å². The maximum Gasteiger partial charge on any atom is 0.264 e. The molecule has 0 radical (unpaired) electrons. The first-order valence-electron chi connectivity index (χ1n) is 8.46. The summed E-state index contributed by atoms with van der Waals surface area (Å²) in [6, 6.07) is 3.62. The maximum absolute atomic E-state index is 12.9. The van der Waals surface area contributed by atoms with E-state index in [1.807, 2.05) is 29.3 Å². The fraction of sp³-hybridized carbons (Fsp3) is 0.647. The lowest BCUT2D eigenvalue weighted by Crippen LogP contribution is -2.51. The largest absolute Gasteiger partial charge is 0.341 e. The molecule has 126 valence electrons. The van der Waals surface area contributed by atoms with Crippen molar-refractivity contribution in [3.8, 4) is 0 Å². The number of nitrogens with two attached hydrogens (primary N) is 1. The molecule has 5 nitrogen and oxygen atoms in total. The van der Waals surface area contributed by atoms with Crippen LogP contribution < -0.4 is 5.73 Å². The molecule has 2 N–H and O–H groups in total. The summed E-state index contributed by atoms with van der Waals surface area (Å²) in [6.07, 6.45) is 3.62. The Morgan fingerprint density at radius 2 is 2.00 bits per heavy atom. The summed E-state index contributed by atoms with van der Waals surface area (Å²) in [5.41, 5.74) is 5.97. The lowest BCUT2D eigenvalue weighted by Gasteiger charge is -2.36. The summed E-state index contributed by atoms with van der Waals surface area (Å²) in [4.78, 5) is 29.9. The van der Waals surface area contributed by atoms with Crippen molar-refractivity contribution in [3.05, 3.63) is 22.4 Å². The van der Waals surface area contributed by atoms with E-state index >= 15 is 0 Å². The molecule has 2 atom stereocenters. The van der Waals surface area contributed by atoms with Crippen molar-refractivity contribution < 1.29 is 9.59 Å². The van der Waals surface area contributed by atoms with Crippen molar-refractivity contribution in [2.75, 3.05) is 19.6 Å². The standard InChI is InChI=1S/C17H25N3O2S/c1-12(18)13-6-9-19(10-7-13)16(21)14-4-2-8-20(14)17(22)15-5-3-11-23-15/h3,5,11-14H,2,4,6-10,18H2,1H3. The zero-order chi connectivity index (χ0) is 16.4. The minimum Gasteiger partial charge on any atom is -0.341 e. The van der Waals surface area contributed by atoms with Crippen LogP contribution in [0.3, 0.4) is 0 Å². The van der Waals surface area contributed by atoms with Gasteiger partial charge in [-0.1, -0.05) is 6.07 Å². The van der Waals surface area contributed by atoms with Crippen LogP contribution in [0.4, 0.5) is 0 Å². The Hall–Kier alpha value is -1.40. The molecule has 2 aliphatic rings.